The molecule has 11 aromatic rings. The van der Waals surface area contributed by atoms with Crippen molar-refractivity contribution in [2.75, 3.05) is 0 Å². The van der Waals surface area contributed by atoms with Crippen molar-refractivity contribution in [3.05, 3.63) is 182 Å². The summed E-state index contributed by atoms with van der Waals surface area (Å²) < 4.78 is 2.65. The van der Waals surface area contributed by atoms with Crippen molar-refractivity contribution >= 4 is 63.8 Å². The Hall–Kier alpha value is -7.08. The molecule has 0 aliphatic rings. The van der Waals surface area contributed by atoms with Gasteiger partial charge in [-0.3, -0.25) is 4.98 Å². The Balaban J connectivity index is 1.02. The van der Waals surface area contributed by atoms with Gasteiger partial charge >= 0.3 is 0 Å². The van der Waals surface area contributed by atoms with Crippen LogP contribution in [0.3, 0.4) is 0 Å². The van der Waals surface area contributed by atoms with Crippen molar-refractivity contribution in [3.8, 4) is 56.4 Å². The number of fused-ring (bicyclic) bond motifs is 10. The number of thiophene rings is 1. The third kappa shape index (κ3) is 5.36. The Morgan fingerprint density at radius 1 is 0.291 bits per heavy atom. The Labute approximate surface area is 321 Å². The zero-order chi connectivity index (χ0) is 36.3. The maximum Gasteiger partial charge on any atom is 0.164 e. The molecule has 8 aromatic carbocycles. The third-order valence-electron chi connectivity index (χ3n) is 10.6. The molecule has 0 bridgehead atoms. The minimum Gasteiger partial charge on any atom is -0.265 e. The van der Waals surface area contributed by atoms with Crippen LogP contribution in [0.2, 0.25) is 0 Å². The fourth-order valence-corrected chi connectivity index (χ4v) is 9.07. The minimum absolute atomic E-state index is 0.635. The van der Waals surface area contributed by atoms with Crippen LogP contribution in [0.5, 0.6) is 0 Å². The average Bonchev–Trinajstić information content (AvgIpc) is 3.66. The van der Waals surface area contributed by atoms with Crippen LogP contribution in [-0.2, 0) is 0 Å². The molecule has 5 heteroatoms. The van der Waals surface area contributed by atoms with Gasteiger partial charge < -0.3 is 0 Å². The molecule has 0 saturated heterocycles. The summed E-state index contributed by atoms with van der Waals surface area (Å²) in [5, 5.41) is 10.4. The lowest BCUT2D eigenvalue weighted by Gasteiger charge is -2.14. The van der Waals surface area contributed by atoms with Crippen LogP contribution in [-0.4, -0.2) is 19.9 Å². The first kappa shape index (κ1) is 31.4. The summed E-state index contributed by atoms with van der Waals surface area (Å²) in [6.45, 7) is 0. The second kappa shape index (κ2) is 12.8. The zero-order valence-electron chi connectivity index (χ0n) is 29.5. The van der Waals surface area contributed by atoms with Crippen LogP contribution < -0.4 is 0 Å². The van der Waals surface area contributed by atoms with Crippen molar-refractivity contribution in [1.29, 1.82) is 0 Å². The number of hydrogen-bond donors (Lipinski definition) is 0. The summed E-state index contributed by atoms with van der Waals surface area (Å²) >= 11 is 1.87. The van der Waals surface area contributed by atoms with E-state index in [0.717, 1.165) is 33.4 Å². The highest BCUT2D eigenvalue weighted by Crippen LogP contribution is 2.45. The number of hydrogen-bond acceptors (Lipinski definition) is 5. The molecule has 0 fully saturated rings. The van der Waals surface area contributed by atoms with E-state index in [1.807, 2.05) is 66.2 Å². The van der Waals surface area contributed by atoms with Crippen LogP contribution >= 0.6 is 11.3 Å². The molecule has 3 aromatic heterocycles. The molecule has 4 nitrogen and oxygen atoms in total. The van der Waals surface area contributed by atoms with Crippen molar-refractivity contribution in [2.24, 2.45) is 0 Å². The zero-order valence-corrected chi connectivity index (χ0v) is 30.3. The number of pyridine rings is 1. The van der Waals surface area contributed by atoms with Crippen LogP contribution in [0.1, 0.15) is 0 Å². The SMILES string of the molecule is c1ccc(-c2nc(-c3ccc(-c4ccncc4)cc3)nc(-c3ccc(-c4ccc5c(c4)c4ccccc4c4ccc6sc7ccccc7c6c45)cc3)n2)cc1. The molecule has 0 radical (unpaired) electrons. The number of aromatic nitrogens is 4. The lowest BCUT2D eigenvalue weighted by atomic mass is 9.90. The summed E-state index contributed by atoms with van der Waals surface area (Å²) in [5.74, 6) is 1.91. The van der Waals surface area contributed by atoms with E-state index in [2.05, 4.69) is 132 Å². The molecule has 0 saturated carbocycles. The van der Waals surface area contributed by atoms with Gasteiger partial charge in [0.1, 0.15) is 0 Å². The maximum absolute atomic E-state index is 5.02. The second-order valence-electron chi connectivity index (χ2n) is 13.8. The summed E-state index contributed by atoms with van der Waals surface area (Å²) in [5.41, 5.74) is 7.34. The second-order valence-corrected chi connectivity index (χ2v) is 14.9. The Morgan fingerprint density at radius 3 is 1.44 bits per heavy atom. The lowest BCUT2D eigenvalue weighted by Crippen LogP contribution is -2.00. The van der Waals surface area contributed by atoms with Gasteiger partial charge in [0, 0.05) is 49.3 Å². The van der Waals surface area contributed by atoms with Gasteiger partial charge in [0.25, 0.3) is 0 Å². The van der Waals surface area contributed by atoms with E-state index in [1.165, 1.54) is 58.1 Å². The fourth-order valence-electron chi connectivity index (χ4n) is 7.96. The number of rotatable bonds is 5. The van der Waals surface area contributed by atoms with Gasteiger partial charge in [0.15, 0.2) is 17.5 Å². The van der Waals surface area contributed by atoms with E-state index < -0.39 is 0 Å². The third-order valence-corrected chi connectivity index (χ3v) is 11.8. The molecule has 3 heterocycles. The molecule has 0 N–H and O–H groups in total. The molecular weight excluding hydrogens is 689 g/mol. The lowest BCUT2D eigenvalue weighted by molar-refractivity contribution is 1.07. The highest BCUT2D eigenvalue weighted by Gasteiger charge is 2.17. The fraction of sp³-hybridized carbons (Fsp3) is 0. The summed E-state index contributed by atoms with van der Waals surface area (Å²) in [4.78, 5) is 19.1. The molecule has 0 spiro atoms. The predicted octanol–water partition coefficient (Wildman–Crippen LogP) is 13.4. The van der Waals surface area contributed by atoms with Gasteiger partial charge in [-0.1, -0.05) is 140 Å². The largest absolute Gasteiger partial charge is 0.265 e. The Kier molecular flexibility index (Phi) is 7.32. The molecule has 256 valence electrons. The van der Waals surface area contributed by atoms with Gasteiger partial charge in [-0.15, -0.1) is 11.3 Å². The van der Waals surface area contributed by atoms with Gasteiger partial charge in [-0.05, 0) is 84.9 Å². The average molecular weight is 719 g/mol. The van der Waals surface area contributed by atoms with E-state index in [0.29, 0.717) is 17.5 Å². The highest BCUT2D eigenvalue weighted by molar-refractivity contribution is 7.26. The van der Waals surface area contributed by atoms with E-state index in [4.69, 9.17) is 15.0 Å². The van der Waals surface area contributed by atoms with Crippen LogP contribution in [0.15, 0.2) is 182 Å². The van der Waals surface area contributed by atoms with Crippen molar-refractivity contribution in [1.82, 2.24) is 19.9 Å². The molecular formula is C50H30N4S. The minimum atomic E-state index is 0.635. The molecule has 0 amide bonds. The van der Waals surface area contributed by atoms with E-state index in [1.54, 1.807) is 0 Å². The van der Waals surface area contributed by atoms with Gasteiger partial charge in [0.05, 0.1) is 0 Å². The first-order valence-corrected chi connectivity index (χ1v) is 19.2. The maximum atomic E-state index is 5.02. The first-order valence-electron chi connectivity index (χ1n) is 18.4. The molecule has 0 aliphatic heterocycles. The number of benzene rings is 8. The summed E-state index contributed by atoms with van der Waals surface area (Å²) in [7, 11) is 0. The highest BCUT2D eigenvalue weighted by atomic mass is 32.1. The van der Waals surface area contributed by atoms with E-state index in [-0.39, 0.29) is 0 Å². The first-order chi connectivity index (χ1) is 27.2. The van der Waals surface area contributed by atoms with Crippen molar-refractivity contribution in [3.63, 3.8) is 0 Å². The molecule has 11 rings (SSSR count). The van der Waals surface area contributed by atoms with Gasteiger partial charge in [-0.25, -0.2) is 15.0 Å². The molecule has 0 unspecified atom stereocenters. The summed E-state index contributed by atoms with van der Waals surface area (Å²) in [6.07, 6.45) is 3.62. The molecule has 55 heavy (non-hydrogen) atoms. The smallest absolute Gasteiger partial charge is 0.164 e. The molecule has 0 atom stereocenters. The van der Waals surface area contributed by atoms with Crippen molar-refractivity contribution < 1.29 is 0 Å². The van der Waals surface area contributed by atoms with Gasteiger partial charge in [0.2, 0.25) is 0 Å². The monoisotopic (exact) mass is 718 g/mol. The Morgan fingerprint density at radius 2 is 0.764 bits per heavy atom. The molecule has 0 aliphatic carbocycles. The van der Waals surface area contributed by atoms with Gasteiger partial charge in [-0.2, -0.15) is 0 Å². The van der Waals surface area contributed by atoms with Crippen LogP contribution in [0, 0.1) is 0 Å². The quantitative estimate of drug-likeness (QED) is 0.166. The topological polar surface area (TPSA) is 51.6 Å². The van der Waals surface area contributed by atoms with E-state index >= 15 is 0 Å². The Bertz CT molecular complexity index is 3230. The van der Waals surface area contributed by atoms with Crippen LogP contribution in [0.4, 0.5) is 0 Å². The van der Waals surface area contributed by atoms with Crippen LogP contribution in [0.25, 0.3) is 109 Å². The summed E-state index contributed by atoms with van der Waals surface area (Å²) in [6, 6.07) is 60.3. The predicted molar refractivity (Wildman–Crippen MR) is 230 cm³/mol. The van der Waals surface area contributed by atoms with Crippen molar-refractivity contribution in [2.45, 2.75) is 0 Å². The standard InChI is InChI=1S/C50H30N4S/c1-2-8-34(9-3-1)48-52-49(35-18-14-31(15-19-35)33-26-28-51-29-27-33)54-50(53-48)36-20-16-32(17-21-36)37-22-23-41-43(30-37)39-11-5-4-10-38(39)40-24-25-45-47(46(40)41)42-12-6-7-13-44(42)55-45/h1-30H. The van der Waals surface area contributed by atoms with E-state index in [9.17, 15) is 0 Å². The number of nitrogens with zero attached hydrogens (tertiary/aromatic N) is 4. The normalized spacial score (nSPS) is 11.6.